The van der Waals surface area contributed by atoms with Crippen LogP contribution in [0.1, 0.15) is 21.9 Å². The molecule has 0 aliphatic heterocycles. The van der Waals surface area contributed by atoms with Crippen LogP contribution in [-0.4, -0.2) is 33.3 Å². The van der Waals surface area contributed by atoms with E-state index in [0.29, 0.717) is 30.3 Å². The molecule has 0 saturated carbocycles. The highest BCUT2D eigenvalue weighted by molar-refractivity contribution is 5.94. The third kappa shape index (κ3) is 4.76. The van der Waals surface area contributed by atoms with E-state index in [1.807, 2.05) is 53.1 Å². The molecule has 0 radical (unpaired) electrons. The van der Waals surface area contributed by atoms with Crippen molar-refractivity contribution in [1.29, 1.82) is 0 Å². The van der Waals surface area contributed by atoms with Gasteiger partial charge in [-0.2, -0.15) is 0 Å². The molecule has 0 spiro atoms. The van der Waals surface area contributed by atoms with E-state index in [2.05, 4.69) is 10.3 Å². The molecule has 0 saturated heterocycles. The fraction of sp³-hybridized carbons (Fsp3) is 0.217. The van der Waals surface area contributed by atoms with Crippen molar-refractivity contribution >= 4 is 16.9 Å². The topological polar surface area (TPSA) is 89.5 Å². The molecule has 2 aromatic carbocycles. The Morgan fingerprint density at radius 3 is 2.70 bits per heavy atom. The smallest absolute Gasteiger partial charge is 0.251 e. The summed E-state index contributed by atoms with van der Waals surface area (Å²) in [5, 5.41) is 13.4. The number of carbonyl (C=O) groups excluding carboxylic acids is 1. The molecular weight excluding hydrogens is 382 g/mol. The van der Waals surface area contributed by atoms with Gasteiger partial charge in [0.2, 0.25) is 0 Å². The van der Waals surface area contributed by atoms with Crippen molar-refractivity contribution < 1.29 is 19.1 Å². The Kier molecular flexibility index (Phi) is 6.22. The number of aromatic nitrogens is 2. The highest BCUT2D eigenvalue weighted by Crippen LogP contribution is 2.17. The number of carbonyl (C=O) groups is 1. The molecule has 7 heteroatoms. The highest BCUT2D eigenvalue weighted by atomic mass is 16.5. The molecule has 1 amide bonds. The quantitative estimate of drug-likeness (QED) is 0.447. The molecule has 1 atom stereocenters. The number of aliphatic hydroxyl groups excluding tert-OH is 1. The van der Waals surface area contributed by atoms with Crippen LogP contribution in [0.25, 0.3) is 11.0 Å². The number of benzene rings is 2. The van der Waals surface area contributed by atoms with Gasteiger partial charge in [0.05, 0.1) is 43.1 Å². The zero-order valence-electron chi connectivity index (χ0n) is 16.4. The predicted molar refractivity (Wildman–Crippen MR) is 112 cm³/mol. The lowest BCUT2D eigenvalue weighted by Gasteiger charge is -2.15. The number of aliphatic hydroxyl groups is 1. The van der Waals surface area contributed by atoms with Gasteiger partial charge in [-0.15, -0.1) is 0 Å². The molecule has 2 heterocycles. The van der Waals surface area contributed by atoms with Gasteiger partial charge in [0.25, 0.3) is 5.91 Å². The van der Waals surface area contributed by atoms with Crippen LogP contribution in [0.5, 0.6) is 0 Å². The number of fused-ring (bicyclic) bond motifs is 1. The van der Waals surface area contributed by atoms with Gasteiger partial charge in [0, 0.05) is 5.56 Å². The van der Waals surface area contributed by atoms with E-state index in [4.69, 9.17) is 9.15 Å². The van der Waals surface area contributed by atoms with Crippen LogP contribution in [0.2, 0.25) is 0 Å². The Labute approximate surface area is 173 Å². The third-order valence-corrected chi connectivity index (χ3v) is 4.70. The van der Waals surface area contributed by atoms with Crippen molar-refractivity contribution in [2.75, 3.05) is 6.61 Å². The van der Waals surface area contributed by atoms with Gasteiger partial charge in [-0.3, -0.25) is 4.79 Å². The molecule has 4 rings (SSSR count). The Balaban J connectivity index is 1.44. The van der Waals surface area contributed by atoms with Crippen LogP contribution in [0, 0.1) is 0 Å². The van der Waals surface area contributed by atoms with Crippen LogP contribution in [0.4, 0.5) is 0 Å². The normalized spacial score (nSPS) is 12.2. The maximum Gasteiger partial charge on any atom is 0.251 e. The van der Waals surface area contributed by atoms with Gasteiger partial charge >= 0.3 is 0 Å². The predicted octanol–water partition coefficient (Wildman–Crippen LogP) is 3.14. The highest BCUT2D eigenvalue weighted by Gasteiger charge is 2.15. The maximum atomic E-state index is 12.4. The summed E-state index contributed by atoms with van der Waals surface area (Å²) in [5.41, 5.74) is 2.29. The lowest BCUT2D eigenvalue weighted by atomic mass is 10.2. The second-order valence-corrected chi connectivity index (χ2v) is 6.92. The molecule has 2 N–H and O–H groups in total. The maximum absolute atomic E-state index is 12.4. The van der Waals surface area contributed by atoms with Crippen LogP contribution >= 0.6 is 0 Å². The third-order valence-electron chi connectivity index (χ3n) is 4.70. The van der Waals surface area contributed by atoms with Crippen LogP contribution < -0.4 is 5.32 Å². The van der Waals surface area contributed by atoms with Crippen LogP contribution in [-0.2, 0) is 24.4 Å². The van der Waals surface area contributed by atoms with Gasteiger partial charge < -0.3 is 24.1 Å². The van der Waals surface area contributed by atoms with Gasteiger partial charge in [-0.05, 0) is 36.4 Å². The lowest BCUT2D eigenvalue weighted by molar-refractivity contribution is 0.0148. The lowest BCUT2D eigenvalue weighted by Crippen LogP contribution is -2.27. The summed E-state index contributed by atoms with van der Waals surface area (Å²) in [6, 6.07) is 20.3. The number of imidazole rings is 1. The number of rotatable bonds is 9. The minimum Gasteiger partial charge on any atom is -0.467 e. The number of amides is 1. The molecule has 4 aromatic rings. The molecule has 154 valence electrons. The van der Waals surface area contributed by atoms with E-state index >= 15 is 0 Å². The summed E-state index contributed by atoms with van der Waals surface area (Å²) in [5.74, 6) is 1.21. The van der Waals surface area contributed by atoms with Gasteiger partial charge in [0.1, 0.15) is 18.2 Å². The summed E-state index contributed by atoms with van der Waals surface area (Å²) < 4.78 is 12.7. The van der Waals surface area contributed by atoms with Gasteiger partial charge in [0.15, 0.2) is 0 Å². The van der Waals surface area contributed by atoms with Crippen molar-refractivity contribution in [3.8, 4) is 0 Å². The first-order chi connectivity index (χ1) is 14.7. The summed E-state index contributed by atoms with van der Waals surface area (Å²) >= 11 is 0. The second kappa shape index (κ2) is 9.39. The van der Waals surface area contributed by atoms with Crippen LogP contribution in [0.15, 0.2) is 77.4 Å². The average Bonchev–Trinajstić information content (AvgIpc) is 3.41. The molecule has 30 heavy (non-hydrogen) atoms. The van der Waals surface area contributed by atoms with Crippen molar-refractivity contribution in [2.45, 2.75) is 25.8 Å². The first kappa shape index (κ1) is 19.9. The SMILES string of the molecule is O=C(NCc1nc2ccccc2n1CC(O)COCc1ccco1)c1ccccc1. The molecule has 2 aromatic heterocycles. The second-order valence-electron chi connectivity index (χ2n) is 6.92. The molecular formula is C23H23N3O4. The van der Waals surface area contributed by atoms with Crippen molar-refractivity contribution in [3.05, 3.63) is 90.1 Å². The number of para-hydroxylation sites is 2. The molecule has 1 unspecified atom stereocenters. The van der Waals surface area contributed by atoms with Crippen molar-refractivity contribution in [3.63, 3.8) is 0 Å². The Bertz CT molecular complexity index is 1090. The molecule has 0 fully saturated rings. The molecule has 0 bridgehead atoms. The average molecular weight is 405 g/mol. The largest absolute Gasteiger partial charge is 0.467 e. The fourth-order valence-electron chi connectivity index (χ4n) is 3.27. The summed E-state index contributed by atoms with van der Waals surface area (Å²) in [7, 11) is 0. The minimum atomic E-state index is -0.735. The summed E-state index contributed by atoms with van der Waals surface area (Å²) in [6.45, 7) is 1.01. The van der Waals surface area contributed by atoms with Crippen molar-refractivity contribution in [1.82, 2.24) is 14.9 Å². The Hall–Kier alpha value is -3.42. The van der Waals surface area contributed by atoms with E-state index in [0.717, 1.165) is 11.0 Å². The molecule has 0 aliphatic carbocycles. The first-order valence-corrected chi connectivity index (χ1v) is 9.76. The summed E-state index contributed by atoms with van der Waals surface area (Å²) in [4.78, 5) is 17.0. The van der Waals surface area contributed by atoms with Gasteiger partial charge in [-0.25, -0.2) is 4.98 Å². The van der Waals surface area contributed by atoms with E-state index in [-0.39, 0.29) is 19.1 Å². The number of hydrogen-bond donors (Lipinski definition) is 2. The minimum absolute atomic E-state index is 0.156. The molecule has 0 aliphatic rings. The van der Waals surface area contributed by atoms with Crippen molar-refractivity contribution in [2.24, 2.45) is 0 Å². The fourth-order valence-corrected chi connectivity index (χ4v) is 3.27. The van der Waals surface area contributed by atoms with E-state index < -0.39 is 6.10 Å². The number of ether oxygens (including phenoxy) is 1. The van der Waals surface area contributed by atoms with E-state index in [1.165, 1.54) is 0 Å². The van der Waals surface area contributed by atoms with Crippen LogP contribution in [0.3, 0.4) is 0 Å². The summed E-state index contributed by atoms with van der Waals surface area (Å²) in [6.07, 6.45) is 0.851. The van der Waals surface area contributed by atoms with Gasteiger partial charge in [-0.1, -0.05) is 30.3 Å². The zero-order chi connectivity index (χ0) is 20.8. The number of hydrogen-bond acceptors (Lipinski definition) is 5. The standard InChI is InChI=1S/C23H23N3O4/c27-18(15-29-16-19-9-6-12-30-19)14-26-21-11-5-4-10-20(21)25-22(26)13-24-23(28)17-7-2-1-3-8-17/h1-12,18,27H,13-16H2,(H,24,28). The number of nitrogens with zero attached hydrogens (tertiary/aromatic N) is 2. The first-order valence-electron chi connectivity index (χ1n) is 9.76. The number of furan rings is 1. The zero-order valence-corrected chi connectivity index (χ0v) is 16.4. The Morgan fingerprint density at radius 2 is 1.90 bits per heavy atom. The van der Waals surface area contributed by atoms with E-state index in [9.17, 15) is 9.90 Å². The number of nitrogens with one attached hydrogen (secondary N) is 1. The Morgan fingerprint density at radius 1 is 1.10 bits per heavy atom. The monoisotopic (exact) mass is 405 g/mol. The van der Waals surface area contributed by atoms with E-state index in [1.54, 1.807) is 24.5 Å². The molecule has 7 nitrogen and oxygen atoms in total.